The first-order valence-corrected chi connectivity index (χ1v) is 35.7. The van der Waals surface area contributed by atoms with Crippen molar-refractivity contribution in [1.82, 2.24) is 0 Å². The molecule has 490 valence electrons. The molecule has 98 heavy (non-hydrogen) atoms. The number of nitriles is 2. The Labute approximate surface area is 592 Å². The van der Waals surface area contributed by atoms with Crippen LogP contribution in [-0.2, 0) is 31.2 Å². The normalized spacial score (nSPS) is 12.5. The Morgan fingerprint density at radius 1 is 0.337 bits per heavy atom. The maximum atomic E-state index is 11.8. The maximum absolute atomic E-state index is 11.8. The predicted molar refractivity (Wildman–Crippen MR) is 417 cm³/mol. The third-order valence-corrected chi connectivity index (χ3v) is 21.9. The van der Waals surface area contributed by atoms with Crippen molar-refractivity contribution >= 4 is 128 Å². The van der Waals surface area contributed by atoms with Gasteiger partial charge in [-0.15, -0.1) is 45.3 Å². The van der Waals surface area contributed by atoms with Gasteiger partial charge in [-0.1, -0.05) is 180 Å². The number of carboxylic acids is 2. The summed E-state index contributed by atoms with van der Waals surface area (Å²) in [5, 5.41) is 38.4. The molecular weight excluding hydrogens is 1280 g/mol. The summed E-state index contributed by atoms with van der Waals surface area (Å²) in [5.74, 6) is -2.54. The van der Waals surface area contributed by atoms with E-state index in [1.807, 2.05) is 24.3 Å². The van der Waals surface area contributed by atoms with Crippen molar-refractivity contribution in [3.8, 4) is 52.5 Å². The third kappa shape index (κ3) is 16.1. The van der Waals surface area contributed by atoms with Crippen LogP contribution in [0.15, 0.2) is 217 Å². The molecule has 0 unspecified atom stereocenters. The summed E-state index contributed by atoms with van der Waals surface area (Å²) in [6.45, 7) is 26.9. The highest BCUT2D eigenvalue weighted by molar-refractivity contribution is 7.25. The summed E-state index contributed by atoms with van der Waals surface area (Å²) in [7, 11) is 0. The zero-order valence-corrected chi connectivity index (χ0v) is 60.5. The van der Waals surface area contributed by atoms with Crippen molar-refractivity contribution in [2.24, 2.45) is 0 Å². The molecule has 8 nitrogen and oxygen atoms in total. The van der Waals surface area contributed by atoms with Crippen molar-refractivity contribution in [1.29, 1.82) is 10.5 Å². The summed E-state index contributed by atoms with van der Waals surface area (Å²) in [6.07, 6.45) is 11.6. The first-order chi connectivity index (χ1) is 46.6. The Bertz CT molecular complexity index is 4510. The molecule has 0 saturated heterocycles. The van der Waals surface area contributed by atoms with Crippen LogP contribution in [0.5, 0.6) is 0 Å². The number of nitrogens with zero attached hydrogens (tertiary/aromatic N) is 4. The minimum absolute atomic E-state index is 0.00533. The lowest BCUT2D eigenvalue weighted by molar-refractivity contribution is -0.133. The molecular formula is C86H78N4O4S4. The van der Waals surface area contributed by atoms with Gasteiger partial charge in [0, 0.05) is 84.3 Å². The Hall–Kier alpha value is -10.2. The predicted octanol–water partition coefficient (Wildman–Crippen LogP) is 25.1. The van der Waals surface area contributed by atoms with Crippen molar-refractivity contribution in [2.75, 3.05) is 9.80 Å². The van der Waals surface area contributed by atoms with Gasteiger partial charge in [0.2, 0.25) is 0 Å². The van der Waals surface area contributed by atoms with Crippen LogP contribution < -0.4 is 9.80 Å². The molecule has 0 spiro atoms. The summed E-state index contributed by atoms with van der Waals surface area (Å²) in [4.78, 5) is 35.5. The summed E-state index contributed by atoms with van der Waals surface area (Å²) >= 11 is 6.14. The lowest BCUT2D eigenvalue weighted by Gasteiger charge is -2.28. The SMILES string of the molecule is CC(C)(C)c1ccc(N(c2ccc(/C=C/c3cc(-c4ccc(-c5ccc(/C=C(\C#N)C(=O)O)s5)s4)c(-c4ccc(-c5ccc(/C=C(\C#N)C(=O)O)s5)s4)cc3/C=C/c3ccc(N(c4ccc(C(C)(C)C)cc4)c4ccc(C(C)(C)C)cc4)cc3)cc2)c2ccc(C(C)(C)C)cc2)cc1. The molecule has 12 heteroatoms. The average Bonchev–Trinajstić information content (AvgIpc) is 1.68. The van der Waals surface area contributed by atoms with Crippen LogP contribution in [-0.4, -0.2) is 22.2 Å². The number of carboxylic acid groups (broad SMARTS) is 2. The van der Waals surface area contributed by atoms with E-state index in [4.69, 9.17) is 0 Å². The number of rotatable bonds is 18. The number of thiophene rings is 4. The van der Waals surface area contributed by atoms with E-state index in [-0.39, 0.29) is 32.8 Å². The molecule has 4 heterocycles. The molecule has 0 atom stereocenters. The number of hydrogen-bond acceptors (Lipinski definition) is 10. The Balaban J connectivity index is 1.03. The fourth-order valence-corrected chi connectivity index (χ4v) is 15.6. The van der Waals surface area contributed by atoms with Crippen molar-refractivity contribution in [3.63, 3.8) is 0 Å². The van der Waals surface area contributed by atoms with Gasteiger partial charge in [-0.3, -0.25) is 0 Å². The first-order valence-electron chi connectivity index (χ1n) is 32.5. The zero-order chi connectivity index (χ0) is 69.8. The van der Waals surface area contributed by atoms with E-state index >= 15 is 0 Å². The van der Waals surface area contributed by atoms with Gasteiger partial charge in [0.25, 0.3) is 0 Å². The van der Waals surface area contributed by atoms with Gasteiger partial charge in [-0.2, -0.15) is 10.5 Å². The largest absolute Gasteiger partial charge is 0.477 e. The minimum Gasteiger partial charge on any atom is -0.477 e. The smallest absolute Gasteiger partial charge is 0.346 e. The Morgan fingerprint density at radius 3 is 0.837 bits per heavy atom. The molecule has 0 bridgehead atoms. The third-order valence-electron chi connectivity index (χ3n) is 17.2. The van der Waals surface area contributed by atoms with Crippen LogP contribution in [0, 0.1) is 22.7 Å². The molecule has 0 fully saturated rings. The molecule has 0 aliphatic rings. The Morgan fingerprint density at radius 2 is 0.582 bits per heavy atom. The molecule has 0 saturated carbocycles. The molecule has 4 aromatic heterocycles. The van der Waals surface area contributed by atoms with Gasteiger partial charge in [-0.05, 0) is 212 Å². The molecule has 0 aliphatic carbocycles. The van der Waals surface area contributed by atoms with Crippen LogP contribution in [0.1, 0.15) is 137 Å². The van der Waals surface area contributed by atoms with Gasteiger partial charge < -0.3 is 20.0 Å². The van der Waals surface area contributed by atoms with E-state index in [2.05, 4.69) is 299 Å². The van der Waals surface area contributed by atoms with Crippen molar-refractivity contribution in [2.45, 2.75) is 105 Å². The van der Waals surface area contributed by atoms with E-state index in [0.717, 1.165) is 96.8 Å². The summed E-state index contributed by atoms with van der Waals surface area (Å²) in [6, 6.07) is 77.3. The molecule has 2 N–H and O–H groups in total. The molecule has 0 amide bonds. The topological polar surface area (TPSA) is 129 Å². The Kier molecular flexibility index (Phi) is 20.1. The fraction of sp³-hybridized carbons (Fsp3) is 0.186. The van der Waals surface area contributed by atoms with Gasteiger partial charge in [0.15, 0.2) is 0 Å². The van der Waals surface area contributed by atoms with Crippen LogP contribution in [0.4, 0.5) is 34.1 Å². The number of hydrogen-bond donors (Lipinski definition) is 2. The molecule has 11 rings (SSSR count). The van der Waals surface area contributed by atoms with E-state index in [9.17, 15) is 30.3 Å². The fourth-order valence-electron chi connectivity index (χ4n) is 11.4. The average molecular weight is 1360 g/mol. The summed E-state index contributed by atoms with van der Waals surface area (Å²) < 4.78 is 0. The van der Waals surface area contributed by atoms with Gasteiger partial charge >= 0.3 is 11.9 Å². The zero-order valence-electron chi connectivity index (χ0n) is 57.2. The van der Waals surface area contributed by atoms with Gasteiger partial charge in [-0.25, -0.2) is 9.59 Å². The highest BCUT2D eigenvalue weighted by atomic mass is 32.1. The van der Waals surface area contributed by atoms with Crippen LogP contribution in [0.2, 0.25) is 0 Å². The molecule has 0 aliphatic heterocycles. The molecule has 0 radical (unpaired) electrons. The van der Waals surface area contributed by atoms with E-state index in [0.29, 0.717) is 9.75 Å². The monoisotopic (exact) mass is 1360 g/mol. The number of anilines is 6. The number of benzene rings is 7. The second kappa shape index (κ2) is 28.5. The minimum atomic E-state index is -1.27. The van der Waals surface area contributed by atoms with E-state index < -0.39 is 11.9 Å². The number of carbonyl (C=O) groups is 2. The molecule has 7 aromatic carbocycles. The number of aliphatic carboxylic acids is 2. The first kappa shape index (κ1) is 69.2. The second-order valence-electron chi connectivity index (χ2n) is 28.4. The highest BCUT2D eigenvalue weighted by Gasteiger charge is 2.23. The maximum Gasteiger partial charge on any atom is 0.346 e. The van der Waals surface area contributed by atoms with Crippen LogP contribution in [0.25, 0.3) is 76.8 Å². The van der Waals surface area contributed by atoms with Gasteiger partial charge in [0.05, 0.1) is 0 Å². The lowest BCUT2D eigenvalue weighted by atomic mass is 9.86. The van der Waals surface area contributed by atoms with Crippen LogP contribution >= 0.6 is 45.3 Å². The van der Waals surface area contributed by atoms with E-state index in [1.54, 1.807) is 34.8 Å². The molecule has 11 aromatic rings. The quantitative estimate of drug-likeness (QED) is 0.0494. The van der Waals surface area contributed by atoms with Crippen molar-refractivity contribution in [3.05, 3.63) is 272 Å². The van der Waals surface area contributed by atoms with Crippen LogP contribution in [0.3, 0.4) is 0 Å². The highest BCUT2D eigenvalue weighted by Crippen LogP contribution is 2.47. The standard InChI is InChI=1S/C86H78N4O4S4/c1-83(2,3)61-21-33-67(34-22-61)89(68-35-23-62(24-36-68)84(4,5)6)65-29-15-55(16-30-65)13-19-57-51-73(75-45-47-79(97-75)77-43-41-71(95-77)49-59(53-87)81(91)92)74(76-46-48-80(98-76)78-44-42-72(96-78)50-60(54-88)82(93)94)52-58(57)20-14-56-17-31-66(32-18-56)90(69-37-25-63(26-38-69)85(7,8)9)70-39-27-64(28-40-70)86(10,11)12/h13-52H,1-12H3,(H,91,92)(H,93,94)/b19-13+,20-14+,59-49+,60-50+. The summed E-state index contributed by atoms with van der Waals surface area (Å²) in [5.41, 5.74) is 16.8. The lowest BCUT2D eigenvalue weighted by Crippen LogP contribution is -2.14. The van der Waals surface area contributed by atoms with Gasteiger partial charge in [0.1, 0.15) is 23.3 Å². The van der Waals surface area contributed by atoms with E-state index in [1.165, 1.54) is 57.1 Å². The second-order valence-corrected chi connectivity index (χ2v) is 32.8. The van der Waals surface area contributed by atoms with Crippen molar-refractivity contribution < 1.29 is 19.8 Å².